The van der Waals surface area contributed by atoms with Gasteiger partial charge < -0.3 is 20.4 Å². The van der Waals surface area contributed by atoms with Crippen molar-refractivity contribution in [2.45, 2.75) is 24.9 Å². The average molecular weight is 439 g/mol. The second kappa shape index (κ2) is 9.96. The molecular formula is C16H24F3N5O4S. The molecule has 9 nitrogen and oxygen atoms in total. The fraction of sp³-hybridized carbons (Fsp3) is 0.625. The van der Waals surface area contributed by atoms with Crippen molar-refractivity contribution >= 4 is 21.9 Å². The predicted octanol–water partition coefficient (Wildman–Crippen LogP) is 0.622. The number of alkyl halides is 3. The molecule has 0 saturated carbocycles. The molecule has 1 fully saturated rings. The van der Waals surface area contributed by atoms with E-state index in [1.165, 1.54) is 13.3 Å². The maximum Gasteiger partial charge on any atom is 0.511 e. The Hall–Kier alpha value is -2.28. The van der Waals surface area contributed by atoms with E-state index in [2.05, 4.69) is 20.9 Å². The van der Waals surface area contributed by atoms with Crippen molar-refractivity contribution in [3.8, 4) is 0 Å². The predicted molar refractivity (Wildman–Crippen MR) is 99.2 cm³/mol. The largest absolute Gasteiger partial charge is 0.511 e. The first-order valence-corrected chi connectivity index (χ1v) is 10.4. The van der Waals surface area contributed by atoms with Crippen LogP contribution in [0.2, 0.25) is 0 Å². The van der Waals surface area contributed by atoms with Crippen LogP contribution in [0.25, 0.3) is 0 Å². The maximum absolute atomic E-state index is 12.6. The molecule has 0 bridgehead atoms. The molecule has 13 heteroatoms. The van der Waals surface area contributed by atoms with Crippen LogP contribution in [0.5, 0.6) is 0 Å². The second-order valence-electron chi connectivity index (χ2n) is 6.46. The minimum atomic E-state index is -5.28. The van der Waals surface area contributed by atoms with Crippen molar-refractivity contribution in [1.29, 1.82) is 0 Å². The Morgan fingerprint density at radius 2 is 1.97 bits per heavy atom. The summed E-state index contributed by atoms with van der Waals surface area (Å²) in [5.41, 5.74) is -5.28. The quantitative estimate of drug-likeness (QED) is 0.424. The van der Waals surface area contributed by atoms with Crippen LogP contribution in [0.3, 0.4) is 0 Å². The van der Waals surface area contributed by atoms with E-state index in [1.807, 2.05) is 0 Å². The number of piperidine rings is 1. The average Bonchev–Trinajstić information content (AvgIpc) is 3.19. The molecule has 3 N–H and O–H groups in total. The Kier molecular flexibility index (Phi) is 7.90. The molecule has 1 aromatic rings. The van der Waals surface area contributed by atoms with Gasteiger partial charge in [-0.1, -0.05) is 0 Å². The minimum Gasteiger partial charge on any atom is -0.467 e. The van der Waals surface area contributed by atoms with Gasteiger partial charge in [0.25, 0.3) is 0 Å². The Morgan fingerprint density at radius 3 is 2.52 bits per heavy atom. The van der Waals surface area contributed by atoms with E-state index in [0.717, 1.165) is 0 Å². The summed E-state index contributed by atoms with van der Waals surface area (Å²) in [6.45, 7) is 0.264. The third kappa shape index (κ3) is 6.63. The second-order valence-corrected chi connectivity index (χ2v) is 8.39. The summed E-state index contributed by atoms with van der Waals surface area (Å²) in [6, 6.07) is 3.45. The third-order valence-corrected chi connectivity index (χ3v) is 6.07. The number of halogens is 3. The molecule has 0 atom stereocenters. The molecule has 164 valence electrons. The van der Waals surface area contributed by atoms with Gasteiger partial charge in [0.2, 0.25) is 5.91 Å². The minimum absolute atomic E-state index is 0.0130. The fourth-order valence-corrected chi connectivity index (χ4v) is 3.77. The lowest BCUT2D eigenvalue weighted by Gasteiger charge is -2.31. The number of hydrogen-bond donors (Lipinski definition) is 3. The standard InChI is InChI=1S/C16H24F3N5O4S/c1-20-15(23-11-14(25)21-10-13-3-2-8-28-13)22-9-12-4-6-24(7-5-12)29(26,27)16(17,18)19/h2-3,8,12H,4-7,9-11H2,1H3,(H,21,25)(H2,20,22,23). The highest BCUT2D eigenvalue weighted by Crippen LogP contribution is 2.30. The van der Waals surface area contributed by atoms with E-state index in [9.17, 15) is 26.4 Å². The number of carbonyl (C=O) groups is 1. The first-order chi connectivity index (χ1) is 13.6. The van der Waals surface area contributed by atoms with Gasteiger partial charge in [0.15, 0.2) is 5.96 Å². The number of carbonyl (C=O) groups excluding carboxylic acids is 1. The molecular weight excluding hydrogens is 415 g/mol. The first-order valence-electron chi connectivity index (χ1n) is 8.93. The number of furan rings is 1. The van der Waals surface area contributed by atoms with Crippen LogP contribution in [0.4, 0.5) is 13.2 Å². The molecule has 1 aromatic heterocycles. The number of amides is 1. The molecule has 0 radical (unpaired) electrons. The topological polar surface area (TPSA) is 116 Å². The van der Waals surface area contributed by atoms with Crippen LogP contribution >= 0.6 is 0 Å². The van der Waals surface area contributed by atoms with E-state index in [4.69, 9.17) is 4.42 Å². The lowest BCUT2D eigenvalue weighted by atomic mass is 9.98. The highest BCUT2D eigenvalue weighted by molar-refractivity contribution is 7.90. The van der Waals surface area contributed by atoms with Crippen LogP contribution in [-0.4, -0.2) is 63.3 Å². The van der Waals surface area contributed by atoms with Crippen molar-refractivity contribution in [2.24, 2.45) is 10.9 Å². The lowest BCUT2D eigenvalue weighted by Crippen LogP contribution is -2.48. The fourth-order valence-electron chi connectivity index (χ4n) is 2.79. The van der Waals surface area contributed by atoms with Gasteiger partial charge in [0, 0.05) is 26.7 Å². The van der Waals surface area contributed by atoms with Crippen molar-refractivity contribution < 1.29 is 30.8 Å². The molecule has 2 heterocycles. The summed E-state index contributed by atoms with van der Waals surface area (Å²) in [5, 5.41) is 8.50. The zero-order valence-corrected chi connectivity index (χ0v) is 16.6. The smallest absolute Gasteiger partial charge is 0.467 e. The van der Waals surface area contributed by atoms with Crippen molar-refractivity contribution in [3.63, 3.8) is 0 Å². The zero-order valence-electron chi connectivity index (χ0n) is 15.8. The van der Waals surface area contributed by atoms with E-state index in [1.54, 1.807) is 12.1 Å². The Morgan fingerprint density at radius 1 is 1.28 bits per heavy atom. The molecule has 1 saturated heterocycles. The van der Waals surface area contributed by atoms with Crippen LogP contribution < -0.4 is 16.0 Å². The molecule has 1 aliphatic rings. The van der Waals surface area contributed by atoms with Gasteiger partial charge in [-0.05, 0) is 30.9 Å². The summed E-state index contributed by atoms with van der Waals surface area (Å²) in [4.78, 5) is 15.8. The lowest BCUT2D eigenvalue weighted by molar-refractivity contribution is -0.120. The van der Waals surface area contributed by atoms with Crippen molar-refractivity contribution in [1.82, 2.24) is 20.3 Å². The third-order valence-electron chi connectivity index (χ3n) is 4.44. The van der Waals surface area contributed by atoms with E-state index in [0.29, 0.717) is 35.4 Å². The normalized spacial score (nSPS) is 17.2. The van der Waals surface area contributed by atoms with Gasteiger partial charge in [0.05, 0.1) is 19.4 Å². The van der Waals surface area contributed by atoms with Crippen LogP contribution in [0, 0.1) is 5.92 Å². The number of nitrogens with zero attached hydrogens (tertiary/aromatic N) is 2. The van der Waals surface area contributed by atoms with Crippen LogP contribution in [0.1, 0.15) is 18.6 Å². The number of hydrogen-bond acceptors (Lipinski definition) is 5. The summed E-state index contributed by atoms with van der Waals surface area (Å²) in [5.74, 6) is 0.708. The van der Waals surface area contributed by atoms with E-state index in [-0.39, 0.29) is 38.0 Å². The molecule has 1 aliphatic heterocycles. The highest BCUT2D eigenvalue weighted by Gasteiger charge is 2.50. The Balaban J connectivity index is 1.69. The highest BCUT2D eigenvalue weighted by atomic mass is 32.2. The number of rotatable bonds is 7. The van der Waals surface area contributed by atoms with Gasteiger partial charge in [-0.2, -0.15) is 17.5 Å². The molecule has 1 amide bonds. The maximum atomic E-state index is 12.6. The van der Waals surface area contributed by atoms with Crippen LogP contribution in [0.15, 0.2) is 27.8 Å². The molecule has 0 aliphatic carbocycles. The zero-order chi connectivity index (χ0) is 21.5. The van der Waals surface area contributed by atoms with Gasteiger partial charge in [0.1, 0.15) is 5.76 Å². The summed E-state index contributed by atoms with van der Waals surface area (Å²) < 4.78 is 66.2. The van der Waals surface area contributed by atoms with Gasteiger partial charge in [-0.15, -0.1) is 0 Å². The first kappa shape index (κ1) is 23.0. The summed E-state index contributed by atoms with van der Waals surface area (Å²) in [6.07, 6.45) is 2.10. The van der Waals surface area contributed by atoms with Gasteiger partial charge in [-0.3, -0.25) is 9.79 Å². The van der Waals surface area contributed by atoms with Crippen LogP contribution in [-0.2, 0) is 21.4 Å². The van der Waals surface area contributed by atoms with Crippen molar-refractivity contribution in [2.75, 3.05) is 33.2 Å². The number of nitrogens with one attached hydrogen (secondary N) is 3. The monoisotopic (exact) mass is 439 g/mol. The Bertz CT molecular complexity index is 788. The number of guanidine groups is 1. The number of aliphatic imine (C=N–C) groups is 1. The van der Waals surface area contributed by atoms with E-state index < -0.39 is 15.5 Å². The number of sulfonamides is 1. The van der Waals surface area contributed by atoms with Crippen molar-refractivity contribution in [3.05, 3.63) is 24.2 Å². The Labute approximate surface area is 166 Å². The van der Waals surface area contributed by atoms with Gasteiger partial charge in [-0.25, -0.2) is 8.42 Å². The molecule has 0 aromatic carbocycles. The summed E-state index contributed by atoms with van der Waals surface area (Å²) >= 11 is 0. The van der Waals surface area contributed by atoms with E-state index >= 15 is 0 Å². The molecule has 0 spiro atoms. The molecule has 2 rings (SSSR count). The summed E-state index contributed by atoms with van der Waals surface area (Å²) in [7, 11) is -3.75. The van der Waals surface area contributed by atoms with Gasteiger partial charge >= 0.3 is 15.5 Å². The SMILES string of the molecule is CN=C(NCC(=O)NCc1ccco1)NCC1CCN(S(=O)(=O)C(F)(F)F)CC1. The molecule has 0 unspecified atom stereocenters. The molecule has 29 heavy (non-hydrogen) atoms.